The van der Waals surface area contributed by atoms with Gasteiger partial charge in [-0.1, -0.05) is 24.3 Å². The largest absolute Gasteiger partial charge is 0.383 e. The number of rotatable bonds is 2. The van der Waals surface area contributed by atoms with Crippen molar-refractivity contribution in [2.45, 2.75) is 32.6 Å². The monoisotopic (exact) mass is 239 g/mol. The lowest BCUT2D eigenvalue weighted by Gasteiger charge is -2.07. The van der Waals surface area contributed by atoms with Crippen molar-refractivity contribution in [3.63, 3.8) is 0 Å². The number of hydrogen-bond acceptors (Lipinski definition) is 3. The van der Waals surface area contributed by atoms with E-state index in [1.165, 1.54) is 18.4 Å². The van der Waals surface area contributed by atoms with Crippen molar-refractivity contribution in [2.75, 3.05) is 5.73 Å². The summed E-state index contributed by atoms with van der Waals surface area (Å²) in [6, 6.07) is 8.55. The summed E-state index contributed by atoms with van der Waals surface area (Å²) in [5.41, 5.74) is 10.3. The summed E-state index contributed by atoms with van der Waals surface area (Å²) in [6.07, 6.45) is 2.65. The molecule has 2 aromatic rings. The minimum absolute atomic E-state index is 0.573. The molecule has 2 N–H and O–H groups in total. The van der Waals surface area contributed by atoms with Gasteiger partial charge in [0.2, 0.25) is 0 Å². The number of aryl methyl sites for hydroxylation is 1. The first-order chi connectivity index (χ1) is 8.65. The van der Waals surface area contributed by atoms with Gasteiger partial charge in [0, 0.05) is 16.8 Å². The number of benzene rings is 1. The Balaban J connectivity index is 1.98. The van der Waals surface area contributed by atoms with Gasteiger partial charge in [-0.2, -0.15) is 0 Å². The topological polar surface area (TPSA) is 51.8 Å². The van der Waals surface area contributed by atoms with Gasteiger partial charge in [0.15, 0.2) is 5.82 Å². The maximum atomic E-state index is 5.90. The summed E-state index contributed by atoms with van der Waals surface area (Å²) >= 11 is 0. The predicted molar refractivity (Wildman–Crippen MR) is 73.3 cm³/mol. The Labute approximate surface area is 107 Å². The first-order valence-electron chi connectivity index (χ1n) is 6.36. The molecule has 1 aromatic carbocycles. The third kappa shape index (κ3) is 1.96. The van der Waals surface area contributed by atoms with Crippen LogP contribution in [0.15, 0.2) is 24.3 Å². The Morgan fingerprint density at radius 1 is 1.06 bits per heavy atom. The maximum absolute atomic E-state index is 5.90. The number of nitrogens with two attached hydrogens (primary N) is 1. The molecule has 3 nitrogen and oxygen atoms in total. The highest BCUT2D eigenvalue weighted by atomic mass is 15.0. The molecule has 0 amide bonds. The molecule has 1 heterocycles. The third-order valence-electron chi connectivity index (χ3n) is 3.64. The molecule has 1 aromatic heterocycles. The van der Waals surface area contributed by atoms with Crippen molar-refractivity contribution >= 4 is 5.82 Å². The zero-order chi connectivity index (χ0) is 12.7. The normalized spacial score (nSPS) is 14.8. The molecular formula is C15H17N3. The molecular weight excluding hydrogens is 222 g/mol. The van der Waals surface area contributed by atoms with Crippen molar-refractivity contribution in [3.8, 4) is 11.4 Å². The van der Waals surface area contributed by atoms with E-state index in [0.717, 1.165) is 28.6 Å². The number of aromatic nitrogens is 2. The number of nitrogens with zero attached hydrogens (tertiary/aromatic N) is 2. The first-order valence-corrected chi connectivity index (χ1v) is 6.36. The van der Waals surface area contributed by atoms with Gasteiger partial charge in [-0.15, -0.1) is 0 Å². The lowest BCUT2D eigenvalue weighted by Crippen LogP contribution is -2.02. The quantitative estimate of drug-likeness (QED) is 0.875. The van der Waals surface area contributed by atoms with Crippen LogP contribution in [0.5, 0.6) is 0 Å². The minimum atomic E-state index is 0.573. The fourth-order valence-electron chi connectivity index (χ4n) is 2.10. The smallest absolute Gasteiger partial charge is 0.161 e. The molecule has 0 unspecified atom stereocenters. The lowest BCUT2D eigenvalue weighted by atomic mass is 10.1. The average molecular weight is 239 g/mol. The molecule has 1 fully saturated rings. The van der Waals surface area contributed by atoms with Crippen LogP contribution < -0.4 is 5.73 Å². The van der Waals surface area contributed by atoms with Crippen LogP contribution in [0.4, 0.5) is 5.82 Å². The highest BCUT2D eigenvalue weighted by molar-refractivity contribution is 5.59. The molecule has 0 aliphatic heterocycles. The average Bonchev–Trinajstić information content (AvgIpc) is 3.20. The van der Waals surface area contributed by atoms with Crippen molar-refractivity contribution in [2.24, 2.45) is 0 Å². The minimum Gasteiger partial charge on any atom is -0.383 e. The van der Waals surface area contributed by atoms with Gasteiger partial charge in [0.05, 0.1) is 0 Å². The zero-order valence-electron chi connectivity index (χ0n) is 10.8. The van der Waals surface area contributed by atoms with E-state index in [-0.39, 0.29) is 0 Å². The molecule has 0 atom stereocenters. The van der Waals surface area contributed by atoms with Crippen molar-refractivity contribution < 1.29 is 0 Å². The van der Waals surface area contributed by atoms with E-state index in [2.05, 4.69) is 34.2 Å². The van der Waals surface area contributed by atoms with Gasteiger partial charge in [-0.25, -0.2) is 9.97 Å². The number of nitrogen functional groups attached to an aromatic ring is 1. The summed E-state index contributed by atoms with van der Waals surface area (Å²) in [5.74, 6) is 2.08. The van der Waals surface area contributed by atoms with Crippen LogP contribution >= 0.6 is 0 Å². The number of anilines is 1. The van der Waals surface area contributed by atoms with E-state index >= 15 is 0 Å². The van der Waals surface area contributed by atoms with E-state index in [1.54, 1.807) is 0 Å². The van der Waals surface area contributed by atoms with Crippen molar-refractivity contribution in [1.82, 2.24) is 9.97 Å². The van der Waals surface area contributed by atoms with E-state index in [0.29, 0.717) is 5.82 Å². The molecule has 0 spiro atoms. The van der Waals surface area contributed by atoms with Crippen LogP contribution in [0.2, 0.25) is 0 Å². The molecule has 18 heavy (non-hydrogen) atoms. The van der Waals surface area contributed by atoms with Crippen LogP contribution in [-0.2, 0) is 0 Å². The molecule has 1 aliphatic carbocycles. The second kappa shape index (κ2) is 4.09. The molecule has 92 valence electrons. The van der Waals surface area contributed by atoms with Gasteiger partial charge in [-0.3, -0.25) is 0 Å². The van der Waals surface area contributed by atoms with E-state index in [1.807, 2.05) is 13.8 Å². The summed E-state index contributed by atoms with van der Waals surface area (Å²) in [5, 5.41) is 0. The summed E-state index contributed by atoms with van der Waals surface area (Å²) in [7, 11) is 0. The van der Waals surface area contributed by atoms with Gasteiger partial charge < -0.3 is 5.73 Å². The molecule has 1 saturated carbocycles. The highest BCUT2D eigenvalue weighted by Crippen LogP contribution is 2.40. The molecule has 1 aliphatic rings. The molecule has 0 radical (unpaired) electrons. The standard InChI is InChI=1S/C15H17N3/c1-9-10(2)17-15(18-14(9)16)13-7-5-12(6-8-13)11-3-4-11/h5-8,11H,3-4H2,1-2H3,(H2,16,17,18). The highest BCUT2D eigenvalue weighted by Gasteiger charge is 2.23. The Morgan fingerprint density at radius 3 is 2.28 bits per heavy atom. The fraction of sp³-hybridized carbons (Fsp3) is 0.333. The van der Waals surface area contributed by atoms with Crippen LogP contribution in [0.3, 0.4) is 0 Å². The second-order valence-corrected chi connectivity index (χ2v) is 5.04. The molecule has 0 saturated heterocycles. The summed E-state index contributed by atoms with van der Waals surface area (Å²) in [4.78, 5) is 8.86. The number of hydrogen-bond donors (Lipinski definition) is 1. The fourth-order valence-corrected chi connectivity index (χ4v) is 2.10. The SMILES string of the molecule is Cc1nc(-c2ccc(C3CC3)cc2)nc(N)c1C. The van der Waals surface area contributed by atoms with Crippen molar-refractivity contribution in [1.29, 1.82) is 0 Å². The van der Waals surface area contributed by atoms with E-state index < -0.39 is 0 Å². The molecule has 3 rings (SSSR count). The van der Waals surface area contributed by atoms with Crippen LogP contribution in [-0.4, -0.2) is 9.97 Å². The lowest BCUT2D eigenvalue weighted by molar-refractivity contribution is 1.08. The summed E-state index contributed by atoms with van der Waals surface area (Å²) in [6.45, 7) is 3.92. The Bertz CT molecular complexity index is 560. The van der Waals surface area contributed by atoms with E-state index in [4.69, 9.17) is 5.73 Å². The van der Waals surface area contributed by atoms with Gasteiger partial charge in [0.1, 0.15) is 5.82 Å². The van der Waals surface area contributed by atoms with Gasteiger partial charge in [-0.05, 0) is 38.2 Å². The second-order valence-electron chi connectivity index (χ2n) is 5.04. The Kier molecular flexibility index (Phi) is 2.54. The Morgan fingerprint density at radius 2 is 1.72 bits per heavy atom. The molecule has 3 heteroatoms. The predicted octanol–water partition coefficient (Wildman–Crippen LogP) is 3.22. The van der Waals surface area contributed by atoms with Crippen LogP contribution in [0.1, 0.15) is 35.6 Å². The zero-order valence-corrected chi connectivity index (χ0v) is 10.8. The van der Waals surface area contributed by atoms with Crippen LogP contribution in [0, 0.1) is 13.8 Å². The van der Waals surface area contributed by atoms with Crippen molar-refractivity contribution in [3.05, 3.63) is 41.1 Å². The Hall–Kier alpha value is -1.90. The maximum Gasteiger partial charge on any atom is 0.161 e. The summed E-state index contributed by atoms with van der Waals surface area (Å²) < 4.78 is 0. The van der Waals surface area contributed by atoms with E-state index in [9.17, 15) is 0 Å². The third-order valence-corrected chi connectivity index (χ3v) is 3.64. The van der Waals surface area contributed by atoms with Gasteiger partial charge in [0.25, 0.3) is 0 Å². The first kappa shape index (κ1) is 11.2. The van der Waals surface area contributed by atoms with Crippen LogP contribution in [0.25, 0.3) is 11.4 Å². The molecule has 0 bridgehead atoms. The van der Waals surface area contributed by atoms with Gasteiger partial charge >= 0.3 is 0 Å².